The van der Waals surface area contributed by atoms with Crippen LogP contribution >= 0.6 is 11.3 Å². The van der Waals surface area contributed by atoms with E-state index in [-0.39, 0.29) is 17.8 Å². The number of ether oxygens (including phenoxy) is 1. The van der Waals surface area contributed by atoms with Gasteiger partial charge in [-0.25, -0.2) is 9.37 Å². The summed E-state index contributed by atoms with van der Waals surface area (Å²) in [5.41, 5.74) is 1.71. The smallest absolute Gasteiger partial charge is 0.228 e. The highest BCUT2D eigenvalue weighted by molar-refractivity contribution is 7.09. The molecule has 0 saturated carbocycles. The Bertz CT molecular complexity index is 656. The van der Waals surface area contributed by atoms with Gasteiger partial charge in [0.15, 0.2) is 0 Å². The molecule has 4 nitrogen and oxygen atoms in total. The van der Waals surface area contributed by atoms with Crippen LogP contribution in [0.5, 0.6) is 0 Å². The number of amides is 1. The number of benzene rings is 1. The molecule has 1 fully saturated rings. The van der Waals surface area contributed by atoms with E-state index < -0.39 is 0 Å². The van der Waals surface area contributed by atoms with E-state index in [4.69, 9.17) is 4.74 Å². The minimum Gasteiger partial charge on any atom is -0.370 e. The van der Waals surface area contributed by atoms with Crippen LogP contribution in [0.25, 0.3) is 0 Å². The molecule has 1 aliphatic rings. The lowest BCUT2D eigenvalue weighted by Crippen LogP contribution is -2.43. The second kappa shape index (κ2) is 6.54. The van der Waals surface area contributed by atoms with E-state index in [1.807, 2.05) is 12.3 Å². The lowest BCUT2D eigenvalue weighted by atomic mass is 10.1. The molecular formula is C16H17FN2O2S. The fourth-order valence-electron chi connectivity index (χ4n) is 2.51. The van der Waals surface area contributed by atoms with Crippen LogP contribution in [0.2, 0.25) is 0 Å². The van der Waals surface area contributed by atoms with Crippen molar-refractivity contribution in [1.82, 2.24) is 9.88 Å². The molecule has 1 saturated heterocycles. The van der Waals surface area contributed by atoms with Gasteiger partial charge in [-0.1, -0.05) is 12.1 Å². The number of morpholine rings is 1. The van der Waals surface area contributed by atoms with Crippen LogP contribution in [-0.4, -0.2) is 35.5 Å². The number of carbonyl (C=O) groups excluding carboxylic acids is 1. The fraction of sp³-hybridized carbons (Fsp3) is 0.375. The summed E-state index contributed by atoms with van der Waals surface area (Å²) >= 11 is 1.55. The Hall–Kier alpha value is -1.79. The van der Waals surface area contributed by atoms with Gasteiger partial charge in [0.1, 0.15) is 11.9 Å². The monoisotopic (exact) mass is 320 g/mol. The molecule has 2 aromatic rings. The van der Waals surface area contributed by atoms with Gasteiger partial charge in [0.05, 0.1) is 30.3 Å². The van der Waals surface area contributed by atoms with Crippen molar-refractivity contribution in [3.63, 3.8) is 0 Å². The number of thiazole rings is 1. The van der Waals surface area contributed by atoms with Gasteiger partial charge in [-0.15, -0.1) is 11.3 Å². The third-order valence-corrected chi connectivity index (χ3v) is 4.48. The Morgan fingerprint density at radius 1 is 1.45 bits per heavy atom. The van der Waals surface area contributed by atoms with Gasteiger partial charge >= 0.3 is 0 Å². The average Bonchev–Trinajstić information content (AvgIpc) is 2.93. The molecule has 22 heavy (non-hydrogen) atoms. The normalized spacial score (nSPS) is 18.5. The number of halogens is 1. The van der Waals surface area contributed by atoms with Crippen molar-refractivity contribution < 1.29 is 13.9 Å². The van der Waals surface area contributed by atoms with E-state index in [1.54, 1.807) is 28.4 Å². The predicted molar refractivity (Wildman–Crippen MR) is 82.2 cm³/mol. The van der Waals surface area contributed by atoms with Gasteiger partial charge in [0.25, 0.3) is 0 Å². The second-order valence-electron chi connectivity index (χ2n) is 5.29. The van der Waals surface area contributed by atoms with Crippen molar-refractivity contribution in [2.75, 3.05) is 19.7 Å². The molecule has 1 aromatic carbocycles. The minimum atomic E-state index is -0.272. The van der Waals surface area contributed by atoms with Crippen molar-refractivity contribution >= 4 is 17.2 Å². The number of rotatable bonds is 3. The molecule has 1 unspecified atom stereocenters. The largest absolute Gasteiger partial charge is 0.370 e. The van der Waals surface area contributed by atoms with E-state index in [1.165, 1.54) is 12.1 Å². The second-order valence-corrected chi connectivity index (χ2v) is 6.35. The molecule has 2 heterocycles. The number of aryl methyl sites for hydroxylation is 1. The van der Waals surface area contributed by atoms with E-state index in [0.717, 1.165) is 16.3 Å². The third-order valence-electron chi connectivity index (χ3n) is 3.66. The third kappa shape index (κ3) is 3.51. The Morgan fingerprint density at radius 2 is 2.23 bits per heavy atom. The molecule has 0 aliphatic carbocycles. The topological polar surface area (TPSA) is 42.4 Å². The average molecular weight is 320 g/mol. The van der Waals surface area contributed by atoms with E-state index in [0.29, 0.717) is 26.1 Å². The number of hydrogen-bond donors (Lipinski definition) is 0. The van der Waals surface area contributed by atoms with Gasteiger partial charge in [-0.3, -0.25) is 4.79 Å². The molecule has 1 aromatic heterocycles. The van der Waals surface area contributed by atoms with Crippen molar-refractivity contribution in [2.24, 2.45) is 0 Å². The van der Waals surface area contributed by atoms with Gasteiger partial charge in [0, 0.05) is 11.9 Å². The van der Waals surface area contributed by atoms with Gasteiger partial charge in [0.2, 0.25) is 5.91 Å². The first-order chi connectivity index (χ1) is 10.6. The summed E-state index contributed by atoms with van der Waals surface area (Å²) in [5.74, 6) is -0.216. The van der Waals surface area contributed by atoms with Crippen molar-refractivity contribution in [3.8, 4) is 0 Å². The lowest BCUT2D eigenvalue weighted by molar-refractivity contribution is -0.138. The molecule has 0 radical (unpaired) electrons. The zero-order valence-electron chi connectivity index (χ0n) is 12.3. The quantitative estimate of drug-likeness (QED) is 0.873. The fourth-order valence-corrected chi connectivity index (χ4v) is 3.12. The molecular weight excluding hydrogens is 303 g/mol. The van der Waals surface area contributed by atoms with Crippen LogP contribution in [-0.2, 0) is 16.0 Å². The van der Waals surface area contributed by atoms with Crippen LogP contribution in [0.4, 0.5) is 4.39 Å². The Kier molecular flexibility index (Phi) is 4.49. The first kappa shape index (κ1) is 15.1. The van der Waals surface area contributed by atoms with E-state index in [9.17, 15) is 9.18 Å². The maximum atomic E-state index is 13.0. The minimum absolute atomic E-state index is 0.0562. The highest BCUT2D eigenvalue weighted by Gasteiger charge is 2.25. The van der Waals surface area contributed by atoms with E-state index in [2.05, 4.69) is 4.98 Å². The van der Waals surface area contributed by atoms with Gasteiger partial charge < -0.3 is 9.64 Å². The number of nitrogens with zero attached hydrogens (tertiary/aromatic N) is 2. The molecule has 0 N–H and O–H groups in total. The molecule has 1 atom stereocenters. The summed E-state index contributed by atoms with van der Waals surface area (Å²) in [4.78, 5) is 18.5. The first-order valence-corrected chi connectivity index (χ1v) is 8.05. The standard InChI is InChI=1S/C16H17FN2O2S/c1-11-18-14(10-22-11)8-16(20)19-6-7-21-15(9-19)12-2-4-13(17)5-3-12/h2-5,10,15H,6-9H2,1H3. The highest BCUT2D eigenvalue weighted by Crippen LogP contribution is 2.23. The SMILES string of the molecule is Cc1nc(CC(=O)N2CCOC(c3ccc(F)cc3)C2)cs1. The Labute approximate surface area is 132 Å². The zero-order valence-corrected chi connectivity index (χ0v) is 13.1. The molecule has 1 aliphatic heterocycles. The van der Waals surface area contributed by atoms with Crippen molar-refractivity contribution in [1.29, 1.82) is 0 Å². The molecule has 6 heteroatoms. The van der Waals surface area contributed by atoms with Crippen LogP contribution < -0.4 is 0 Å². The maximum absolute atomic E-state index is 13.0. The molecule has 3 rings (SSSR count). The summed E-state index contributed by atoms with van der Waals surface area (Å²) in [6.07, 6.45) is 0.121. The van der Waals surface area contributed by atoms with Crippen molar-refractivity contribution in [3.05, 3.63) is 51.7 Å². The number of hydrogen-bond acceptors (Lipinski definition) is 4. The molecule has 0 bridgehead atoms. The summed E-state index contributed by atoms with van der Waals surface area (Å²) in [7, 11) is 0. The van der Waals surface area contributed by atoms with Crippen LogP contribution in [0.1, 0.15) is 22.4 Å². The van der Waals surface area contributed by atoms with E-state index >= 15 is 0 Å². The first-order valence-electron chi connectivity index (χ1n) is 7.17. The maximum Gasteiger partial charge on any atom is 0.228 e. The van der Waals surface area contributed by atoms with Crippen LogP contribution in [0.15, 0.2) is 29.6 Å². The Balaban J connectivity index is 1.64. The summed E-state index contributed by atoms with van der Waals surface area (Å²) in [6, 6.07) is 6.24. The number of carbonyl (C=O) groups is 1. The Morgan fingerprint density at radius 3 is 2.91 bits per heavy atom. The molecule has 116 valence electrons. The molecule has 1 amide bonds. The highest BCUT2D eigenvalue weighted by atomic mass is 32.1. The summed E-state index contributed by atoms with van der Waals surface area (Å²) in [5, 5.41) is 2.89. The zero-order chi connectivity index (χ0) is 15.5. The molecule has 0 spiro atoms. The lowest BCUT2D eigenvalue weighted by Gasteiger charge is -2.33. The van der Waals surface area contributed by atoms with Crippen LogP contribution in [0.3, 0.4) is 0 Å². The van der Waals surface area contributed by atoms with Crippen LogP contribution in [0, 0.1) is 12.7 Å². The summed E-state index contributed by atoms with van der Waals surface area (Å²) in [6.45, 7) is 3.50. The van der Waals surface area contributed by atoms with Crippen molar-refractivity contribution in [2.45, 2.75) is 19.4 Å². The predicted octanol–water partition coefficient (Wildman–Crippen LogP) is 2.73. The summed E-state index contributed by atoms with van der Waals surface area (Å²) < 4.78 is 18.7. The number of aromatic nitrogens is 1. The van der Waals surface area contributed by atoms with Gasteiger partial charge in [-0.05, 0) is 24.6 Å². The van der Waals surface area contributed by atoms with Gasteiger partial charge in [-0.2, -0.15) is 0 Å².